The summed E-state index contributed by atoms with van der Waals surface area (Å²) in [5.74, 6) is 0. The lowest BCUT2D eigenvalue weighted by atomic mass is 10.2. The van der Waals surface area contributed by atoms with Crippen LogP contribution in [0.25, 0.3) is 0 Å². The molecule has 2 rings (SSSR count). The fraction of sp³-hybridized carbons (Fsp3) is 1.00. The molecule has 0 aromatic carbocycles. The molecule has 2 fully saturated rings. The fourth-order valence-electron chi connectivity index (χ4n) is 2.00. The second-order valence-electron chi connectivity index (χ2n) is 4.71. The zero-order chi connectivity index (χ0) is 11.2. The van der Waals surface area contributed by atoms with Crippen LogP contribution in [-0.2, 0) is 14.2 Å². The van der Waals surface area contributed by atoms with Gasteiger partial charge >= 0.3 is 0 Å². The molecule has 1 saturated heterocycles. The van der Waals surface area contributed by atoms with E-state index in [1.54, 1.807) is 7.11 Å². The molecule has 2 atom stereocenters. The first kappa shape index (κ1) is 12.3. The van der Waals surface area contributed by atoms with Crippen molar-refractivity contribution < 1.29 is 14.2 Å². The SMILES string of the molecule is COCCOCC1CCC(CNC2CC2)O1. The molecule has 16 heavy (non-hydrogen) atoms. The van der Waals surface area contributed by atoms with Gasteiger partial charge in [0.05, 0.1) is 32.0 Å². The normalized spacial score (nSPS) is 29.8. The molecule has 0 aromatic heterocycles. The van der Waals surface area contributed by atoms with Crippen molar-refractivity contribution in [3.63, 3.8) is 0 Å². The average Bonchev–Trinajstić information content (AvgIpc) is 3.02. The molecule has 0 amide bonds. The van der Waals surface area contributed by atoms with Crippen LogP contribution >= 0.6 is 0 Å². The van der Waals surface area contributed by atoms with E-state index in [-0.39, 0.29) is 0 Å². The minimum Gasteiger partial charge on any atom is -0.382 e. The Morgan fingerprint density at radius 2 is 1.94 bits per heavy atom. The molecule has 2 unspecified atom stereocenters. The van der Waals surface area contributed by atoms with E-state index in [1.807, 2.05) is 0 Å². The summed E-state index contributed by atoms with van der Waals surface area (Å²) in [5, 5.41) is 3.51. The van der Waals surface area contributed by atoms with Gasteiger partial charge < -0.3 is 19.5 Å². The average molecular weight is 229 g/mol. The Bertz CT molecular complexity index is 197. The van der Waals surface area contributed by atoms with Gasteiger partial charge in [-0.2, -0.15) is 0 Å². The van der Waals surface area contributed by atoms with Crippen LogP contribution in [-0.4, -0.2) is 51.7 Å². The molecular formula is C12H23NO3. The number of hydrogen-bond acceptors (Lipinski definition) is 4. The highest BCUT2D eigenvalue weighted by molar-refractivity contribution is 4.84. The van der Waals surface area contributed by atoms with Crippen molar-refractivity contribution >= 4 is 0 Å². The predicted molar refractivity (Wildman–Crippen MR) is 61.6 cm³/mol. The van der Waals surface area contributed by atoms with E-state index in [2.05, 4.69) is 5.32 Å². The van der Waals surface area contributed by atoms with Gasteiger partial charge in [0.15, 0.2) is 0 Å². The van der Waals surface area contributed by atoms with Gasteiger partial charge in [0, 0.05) is 19.7 Å². The van der Waals surface area contributed by atoms with Gasteiger partial charge in [-0.1, -0.05) is 0 Å². The Labute approximate surface area is 97.6 Å². The quantitative estimate of drug-likeness (QED) is 0.629. The number of nitrogens with one attached hydrogen (secondary N) is 1. The molecule has 2 aliphatic rings. The summed E-state index contributed by atoms with van der Waals surface area (Å²) in [5.41, 5.74) is 0. The lowest BCUT2D eigenvalue weighted by Gasteiger charge is -2.14. The van der Waals surface area contributed by atoms with Crippen molar-refractivity contribution in [3.8, 4) is 0 Å². The van der Waals surface area contributed by atoms with Crippen molar-refractivity contribution in [1.29, 1.82) is 0 Å². The predicted octanol–water partition coefficient (Wildman–Crippen LogP) is 0.949. The van der Waals surface area contributed by atoms with Crippen LogP contribution in [0.15, 0.2) is 0 Å². The Morgan fingerprint density at radius 3 is 2.69 bits per heavy atom. The minimum absolute atomic E-state index is 0.294. The second-order valence-corrected chi connectivity index (χ2v) is 4.71. The van der Waals surface area contributed by atoms with Crippen molar-refractivity contribution in [1.82, 2.24) is 5.32 Å². The van der Waals surface area contributed by atoms with Crippen LogP contribution in [0.3, 0.4) is 0 Å². The Hall–Kier alpha value is -0.160. The molecule has 4 nitrogen and oxygen atoms in total. The van der Waals surface area contributed by atoms with Gasteiger partial charge in [-0.3, -0.25) is 0 Å². The Balaban J connectivity index is 1.49. The van der Waals surface area contributed by atoms with E-state index in [0.29, 0.717) is 32.0 Å². The molecule has 1 saturated carbocycles. The summed E-state index contributed by atoms with van der Waals surface area (Å²) in [4.78, 5) is 0. The smallest absolute Gasteiger partial charge is 0.0813 e. The molecule has 4 heteroatoms. The van der Waals surface area contributed by atoms with Gasteiger partial charge in [0.2, 0.25) is 0 Å². The third-order valence-electron chi connectivity index (χ3n) is 3.14. The molecule has 1 heterocycles. The van der Waals surface area contributed by atoms with Gasteiger partial charge in [-0.15, -0.1) is 0 Å². The van der Waals surface area contributed by atoms with Crippen molar-refractivity contribution in [2.24, 2.45) is 0 Å². The van der Waals surface area contributed by atoms with Gasteiger partial charge in [0.1, 0.15) is 0 Å². The summed E-state index contributed by atoms with van der Waals surface area (Å²) in [6.45, 7) is 3.06. The lowest BCUT2D eigenvalue weighted by molar-refractivity contribution is -0.0244. The first-order valence-electron chi connectivity index (χ1n) is 6.34. The van der Waals surface area contributed by atoms with Crippen molar-refractivity contribution in [3.05, 3.63) is 0 Å². The van der Waals surface area contributed by atoms with E-state index in [1.165, 1.54) is 12.8 Å². The summed E-state index contributed by atoms with van der Waals surface area (Å²) in [6, 6.07) is 0.778. The van der Waals surface area contributed by atoms with E-state index in [0.717, 1.165) is 25.4 Å². The van der Waals surface area contributed by atoms with Crippen LogP contribution in [0.2, 0.25) is 0 Å². The maximum Gasteiger partial charge on any atom is 0.0813 e. The van der Waals surface area contributed by atoms with E-state index >= 15 is 0 Å². The third kappa shape index (κ3) is 4.37. The maximum atomic E-state index is 5.89. The monoisotopic (exact) mass is 229 g/mol. The van der Waals surface area contributed by atoms with Gasteiger partial charge in [-0.05, 0) is 25.7 Å². The first-order valence-corrected chi connectivity index (χ1v) is 6.34. The Morgan fingerprint density at radius 1 is 1.12 bits per heavy atom. The van der Waals surface area contributed by atoms with Crippen molar-refractivity contribution in [2.45, 2.75) is 43.9 Å². The highest BCUT2D eigenvalue weighted by Crippen LogP contribution is 2.22. The molecule has 0 spiro atoms. The standard InChI is InChI=1S/C12H23NO3/c1-14-6-7-15-9-12-5-4-11(16-12)8-13-10-2-3-10/h10-13H,2-9H2,1H3. The zero-order valence-electron chi connectivity index (χ0n) is 10.1. The van der Waals surface area contributed by atoms with Gasteiger partial charge in [0.25, 0.3) is 0 Å². The number of methoxy groups -OCH3 is 1. The molecule has 1 aliphatic carbocycles. The van der Waals surface area contributed by atoms with Crippen LogP contribution < -0.4 is 5.32 Å². The molecule has 94 valence electrons. The molecule has 0 bridgehead atoms. The van der Waals surface area contributed by atoms with Gasteiger partial charge in [-0.25, -0.2) is 0 Å². The number of ether oxygens (including phenoxy) is 3. The highest BCUT2D eigenvalue weighted by Gasteiger charge is 2.27. The maximum absolute atomic E-state index is 5.89. The summed E-state index contributed by atoms with van der Waals surface area (Å²) in [7, 11) is 1.69. The van der Waals surface area contributed by atoms with E-state index < -0.39 is 0 Å². The molecule has 1 aliphatic heterocycles. The van der Waals surface area contributed by atoms with E-state index in [9.17, 15) is 0 Å². The van der Waals surface area contributed by atoms with Crippen LogP contribution in [0.5, 0.6) is 0 Å². The first-order chi connectivity index (χ1) is 7.88. The minimum atomic E-state index is 0.294. The zero-order valence-corrected chi connectivity index (χ0v) is 10.1. The highest BCUT2D eigenvalue weighted by atomic mass is 16.6. The lowest BCUT2D eigenvalue weighted by Crippen LogP contribution is -2.29. The number of hydrogen-bond donors (Lipinski definition) is 1. The topological polar surface area (TPSA) is 39.7 Å². The van der Waals surface area contributed by atoms with Crippen LogP contribution in [0.4, 0.5) is 0 Å². The van der Waals surface area contributed by atoms with Crippen LogP contribution in [0, 0.1) is 0 Å². The third-order valence-corrected chi connectivity index (χ3v) is 3.14. The summed E-state index contributed by atoms with van der Waals surface area (Å²) < 4.78 is 16.3. The molecule has 0 aromatic rings. The largest absolute Gasteiger partial charge is 0.382 e. The summed E-state index contributed by atoms with van der Waals surface area (Å²) in [6.07, 6.45) is 5.67. The molecular weight excluding hydrogens is 206 g/mol. The second kappa shape index (κ2) is 6.55. The summed E-state index contributed by atoms with van der Waals surface area (Å²) >= 11 is 0. The van der Waals surface area contributed by atoms with Crippen molar-refractivity contribution in [2.75, 3.05) is 33.5 Å². The fourth-order valence-corrected chi connectivity index (χ4v) is 2.00. The van der Waals surface area contributed by atoms with Crippen LogP contribution in [0.1, 0.15) is 25.7 Å². The van der Waals surface area contributed by atoms with E-state index in [4.69, 9.17) is 14.2 Å². The Kier molecular flexibility index (Phi) is 5.03. The number of rotatable bonds is 8. The molecule has 0 radical (unpaired) electrons. The molecule has 1 N–H and O–H groups in total.